The molecule has 0 aromatic rings. The van der Waals surface area contributed by atoms with Gasteiger partial charge in [0.15, 0.2) is 0 Å². The second-order valence-electron chi connectivity index (χ2n) is 4.48. The molecule has 1 aliphatic heterocycles. The Labute approximate surface area is 127 Å². The maximum Gasteiger partial charge on any atom is 0.405 e. The van der Waals surface area contributed by atoms with Crippen LogP contribution in [0.5, 0.6) is 0 Å². The summed E-state index contributed by atoms with van der Waals surface area (Å²) < 4.78 is 35.6. The highest BCUT2D eigenvalue weighted by atomic mass is 19.4. The normalized spacial score (nSPS) is 15.2. The number of nitrogens with one attached hydrogen (secondary N) is 2. The number of carbonyl (C=O) groups is 5. The van der Waals surface area contributed by atoms with Crippen LogP contribution in [0.25, 0.3) is 0 Å². The average molecular weight is 338 g/mol. The van der Waals surface area contributed by atoms with Crippen LogP contribution < -0.4 is 10.6 Å². The number of rotatable bonds is 5. The summed E-state index contributed by atoms with van der Waals surface area (Å²) in [6.45, 7) is -0.974. The number of hydrogen-bond donors (Lipinski definition) is 2. The zero-order valence-electron chi connectivity index (χ0n) is 11.9. The zero-order valence-corrected chi connectivity index (χ0v) is 11.9. The zero-order chi connectivity index (χ0) is 17.8. The van der Waals surface area contributed by atoms with Gasteiger partial charge in [0, 0.05) is 6.54 Å². The molecule has 2 N–H and O–H groups in total. The Balaban J connectivity index is 2.57. The molecule has 1 saturated heterocycles. The lowest BCUT2D eigenvalue weighted by Gasteiger charge is -2.14. The fourth-order valence-corrected chi connectivity index (χ4v) is 1.65. The molecule has 1 fully saturated rings. The Kier molecular flexibility index (Phi) is 5.65. The summed E-state index contributed by atoms with van der Waals surface area (Å²) in [6, 6.07) is -2.46. The lowest BCUT2D eigenvalue weighted by Crippen LogP contribution is -2.48. The molecule has 0 aliphatic carbocycles. The number of carbonyl (C=O) groups excluding carboxylic acids is 5. The Morgan fingerprint density at radius 1 is 1.09 bits per heavy atom. The molecule has 0 spiro atoms. The third-order valence-electron chi connectivity index (χ3n) is 2.59. The average Bonchev–Trinajstić information content (AvgIpc) is 2.62. The summed E-state index contributed by atoms with van der Waals surface area (Å²) in [4.78, 5) is 58.3. The van der Waals surface area contributed by atoms with E-state index in [9.17, 15) is 37.1 Å². The van der Waals surface area contributed by atoms with E-state index in [1.165, 1.54) is 10.6 Å². The fraction of sp³-hybridized carbons (Fsp3) is 0.545. The van der Waals surface area contributed by atoms with Gasteiger partial charge in [-0.05, 0) is 6.42 Å². The van der Waals surface area contributed by atoms with Crippen molar-refractivity contribution < 1.29 is 37.1 Å². The van der Waals surface area contributed by atoms with Gasteiger partial charge >= 0.3 is 30.1 Å². The lowest BCUT2D eigenvalue weighted by molar-refractivity contribution is -0.144. The Bertz CT molecular complexity index is 548. The molecule has 128 valence electrons. The topological polar surface area (TPSA) is 116 Å². The van der Waals surface area contributed by atoms with Crippen molar-refractivity contribution in [1.29, 1.82) is 0 Å². The van der Waals surface area contributed by atoms with Crippen molar-refractivity contribution >= 4 is 29.8 Å². The molecule has 1 rings (SSSR count). The molecule has 1 heterocycles. The summed E-state index contributed by atoms with van der Waals surface area (Å²) in [5.74, 6) is -3.56. The number of hydrogen-bond acceptors (Lipinski definition) is 5. The Morgan fingerprint density at radius 3 is 2.17 bits per heavy atom. The predicted molar refractivity (Wildman–Crippen MR) is 66.7 cm³/mol. The van der Waals surface area contributed by atoms with Crippen molar-refractivity contribution in [3.05, 3.63) is 0 Å². The highest BCUT2D eigenvalue weighted by molar-refractivity contribution is 6.45. The van der Waals surface area contributed by atoms with Crippen LogP contribution in [-0.2, 0) is 14.4 Å². The van der Waals surface area contributed by atoms with Gasteiger partial charge in [0.2, 0.25) is 5.91 Å². The summed E-state index contributed by atoms with van der Waals surface area (Å²) in [6.07, 6.45) is -4.26. The van der Waals surface area contributed by atoms with Crippen molar-refractivity contribution in [3.63, 3.8) is 0 Å². The first-order valence-electron chi connectivity index (χ1n) is 6.38. The Hall–Kier alpha value is -2.66. The van der Waals surface area contributed by atoms with Gasteiger partial charge in [-0.3, -0.25) is 24.6 Å². The molecule has 23 heavy (non-hydrogen) atoms. The summed E-state index contributed by atoms with van der Waals surface area (Å²) in [7, 11) is 0. The predicted octanol–water partition coefficient (Wildman–Crippen LogP) is -0.425. The number of nitrogens with zero attached hydrogens (tertiary/aromatic N) is 2. The van der Waals surface area contributed by atoms with Crippen molar-refractivity contribution in [2.24, 2.45) is 0 Å². The first kappa shape index (κ1) is 18.4. The molecule has 0 atom stereocenters. The number of amides is 7. The summed E-state index contributed by atoms with van der Waals surface area (Å²) in [5.41, 5.74) is 0. The van der Waals surface area contributed by atoms with Crippen molar-refractivity contribution in [1.82, 2.24) is 20.4 Å². The molecule has 12 heteroatoms. The van der Waals surface area contributed by atoms with Gasteiger partial charge in [-0.1, -0.05) is 6.92 Å². The van der Waals surface area contributed by atoms with E-state index >= 15 is 0 Å². The van der Waals surface area contributed by atoms with E-state index in [0.717, 1.165) is 0 Å². The molecule has 0 aromatic carbocycles. The van der Waals surface area contributed by atoms with Crippen LogP contribution in [0.2, 0.25) is 0 Å². The van der Waals surface area contributed by atoms with Crippen LogP contribution in [0.1, 0.15) is 13.3 Å². The SMILES string of the molecule is CCCN1C(=O)C(=O)N(CC(=O)NC(=O)NCC(F)(F)F)C1=O. The quantitative estimate of drug-likeness (QED) is 0.521. The van der Waals surface area contributed by atoms with Crippen LogP contribution in [0.15, 0.2) is 0 Å². The largest absolute Gasteiger partial charge is 0.405 e. The Morgan fingerprint density at radius 2 is 1.65 bits per heavy atom. The summed E-state index contributed by atoms with van der Waals surface area (Å²) >= 11 is 0. The fourth-order valence-electron chi connectivity index (χ4n) is 1.65. The second-order valence-corrected chi connectivity index (χ2v) is 4.48. The molecule has 0 bridgehead atoms. The van der Waals surface area contributed by atoms with Crippen LogP contribution in [0.4, 0.5) is 22.8 Å². The van der Waals surface area contributed by atoms with E-state index in [-0.39, 0.29) is 6.54 Å². The van der Waals surface area contributed by atoms with Gasteiger partial charge in [0.05, 0.1) is 0 Å². The molecule has 9 nitrogen and oxygen atoms in total. The number of alkyl halides is 3. The van der Waals surface area contributed by atoms with E-state index in [1.807, 2.05) is 0 Å². The highest BCUT2D eigenvalue weighted by Crippen LogP contribution is 2.13. The van der Waals surface area contributed by atoms with Crippen molar-refractivity contribution in [3.8, 4) is 0 Å². The molecular formula is C11H13F3N4O5. The molecule has 7 amide bonds. The van der Waals surface area contributed by atoms with Gasteiger partial charge in [0.25, 0.3) is 0 Å². The van der Waals surface area contributed by atoms with Gasteiger partial charge in [-0.25, -0.2) is 14.5 Å². The van der Waals surface area contributed by atoms with Crippen LogP contribution >= 0.6 is 0 Å². The van der Waals surface area contributed by atoms with Crippen molar-refractivity contribution in [2.75, 3.05) is 19.6 Å². The van der Waals surface area contributed by atoms with E-state index in [1.54, 1.807) is 6.92 Å². The number of imide groups is 3. The smallest absolute Gasteiger partial charge is 0.329 e. The van der Waals surface area contributed by atoms with Crippen molar-refractivity contribution in [2.45, 2.75) is 19.5 Å². The minimum atomic E-state index is -4.66. The van der Waals surface area contributed by atoms with Gasteiger partial charge < -0.3 is 5.32 Å². The van der Waals surface area contributed by atoms with E-state index < -0.39 is 49.0 Å². The van der Waals surface area contributed by atoms with Crippen LogP contribution in [0, 0.1) is 0 Å². The van der Waals surface area contributed by atoms with Gasteiger partial charge in [-0.15, -0.1) is 0 Å². The van der Waals surface area contributed by atoms with Crippen LogP contribution in [0.3, 0.4) is 0 Å². The minimum absolute atomic E-state index is 0.0202. The van der Waals surface area contributed by atoms with Gasteiger partial charge in [0.1, 0.15) is 13.1 Å². The lowest BCUT2D eigenvalue weighted by atomic mass is 10.4. The molecule has 0 aromatic heterocycles. The highest BCUT2D eigenvalue weighted by Gasteiger charge is 2.44. The maximum atomic E-state index is 11.9. The second kappa shape index (κ2) is 7.07. The van der Waals surface area contributed by atoms with E-state index in [2.05, 4.69) is 0 Å². The van der Waals surface area contributed by atoms with E-state index in [4.69, 9.17) is 0 Å². The number of urea groups is 2. The maximum absolute atomic E-state index is 11.9. The van der Waals surface area contributed by atoms with Crippen LogP contribution in [-0.4, -0.2) is 65.4 Å². The minimum Gasteiger partial charge on any atom is -0.329 e. The monoisotopic (exact) mass is 338 g/mol. The first-order valence-corrected chi connectivity index (χ1v) is 6.38. The molecule has 1 aliphatic rings. The molecular weight excluding hydrogens is 325 g/mol. The van der Waals surface area contributed by atoms with Gasteiger partial charge in [-0.2, -0.15) is 13.2 Å². The molecule has 0 unspecified atom stereocenters. The summed E-state index contributed by atoms with van der Waals surface area (Å²) in [5, 5.41) is 2.89. The standard InChI is InChI=1S/C11H13F3N4O5/c1-2-3-17-7(20)8(21)18(10(17)23)4-6(19)16-9(22)15-5-11(12,13)14/h2-5H2,1H3,(H2,15,16,19,22). The van der Waals surface area contributed by atoms with E-state index in [0.29, 0.717) is 16.2 Å². The third kappa shape index (κ3) is 4.93. The first-order chi connectivity index (χ1) is 10.6. The molecule has 0 radical (unpaired) electrons. The number of halogens is 3. The molecule has 0 saturated carbocycles. The third-order valence-corrected chi connectivity index (χ3v) is 2.59.